The van der Waals surface area contributed by atoms with Gasteiger partial charge in [-0.25, -0.2) is 5.01 Å². The van der Waals surface area contributed by atoms with Crippen LogP contribution in [0.15, 0.2) is 81.3 Å². The van der Waals surface area contributed by atoms with Gasteiger partial charge in [0.25, 0.3) is 0 Å². The number of nitrogens with zero attached hydrogens (tertiary/aromatic N) is 4. The summed E-state index contributed by atoms with van der Waals surface area (Å²) in [5.41, 5.74) is 3.21. The highest BCUT2D eigenvalue weighted by molar-refractivity contribution is 6.02. The maximum atomic E-state index is 12.9. The van der Waals surface area contributed by atoms with Crippen LogP contribution in [-0.2, 0) is 0 Å². The van der Waals surface area contributed by atoms with Gasteiger partial charge in [-0.1, -0.05) is 6.07 Å². The first-order chi connectivity index (χ1) is 13.3. The van der Waals surface area contributed by atoms with Gasteiger partial charge in [0.05, 0.1) is 29.6 Å². The Kier molecular flexibility index (Phi) is 3.57. The van der Waals surface area contributed by atoms with Crippen molar-refractivity contribution in [1.82, 2.24) is 15.0 Å². The van der Waals surface area contributed by atoms with Crippen LogP contribution in [0.4, 0.5) is 0 Å². The molecule has 1 unspecified atom stereocenters. The Morgan fingerprint density at radius 3 is 2.59 bits per heavy atom. The van der Waals surface area contributed by atoms with Crippen LogP contribution in [0, 0.1) is 0 Å². The number of hydrazone groups is 1. The monoisotopic (exact) mass is 358 g/mol. The van der Waals surface area contributed by atoms with Crippen molar-refractivity contribution in [2.75, 3.05) is 0 Å². The maximum absolute atomic E-state index is 12.9. The van der Waals surface area contributed by atoms with Crippen LogP contribution in [0.5, 0.6) is 0 Å². The minimum absolute atomic E-state index is 0.241. The van der Waals surface area contributed by atoms with Gasteiger partial charge in [-0.3, -0.25) is 14.8 Å². The van der Waals surface area contributed by atoms with E-state index < -0.39 is 0 Å². The molecule has 0 radical (unpaired) electrons. The number of rotatable bonds is 3. The smallest absolute Gasteiger partial charge is 0.310 e. The number of carbonyl (C=O) groups excluding carboxylic acids is 1. The molecule has 0 bridgehead atoms. The normalized spacial score (nSPS) is 16.7. The summed E-state index contributed by atoms with van der Waals surface area (Å²) in [4.78, 5) is 21.6. The Morgan fingerprint density at radius 1 is 1.00 bits per heavy atom. The van der Waals surface area contributed by atoms with E-state index in [1.807, 2.05) is 24.3 Å². The highest BCUT2D eigenvalue weighted by Crippen LogP contribution is 2.35. The van der Waals surface area contributed by atoms with Crippen LogP contribution in [-0.4, -0.2) is 26.6 Å². The van der Waals surface area contributed by atoms with Crippen molar-refractivity contribution in [1.29, 1.82) is 0 Å². The van der Waals surface area contributed by atoms with E-state index in [4.69, 9.17) is 8.83 Å². The predicted molar refractivity (Wildman–Crippen MR) is 97.0 cm³/mol. The minimum atomic E-state index is -0.300. The molecule has 3 aromatic heterocycles. The van der Waals surface area contributed by atoms with Gasteiger partial charge in [0.15, 0.2) is 5.76 Å². The zero-order chi connectivity index (χ0) is 18.2. The van der Waals surface area contributed by atoms with Crippen LogP contribution in [0.1, 0.15) is 34.3 Å². The molecule has 7 heteroatoms. The lowest BCUT2D eigenvalue weighted by molar-refractivity contribution is 0.0678. The molecule has 1 amide bonds. The van der Waals surface area contributed by atoms with Crippen molar-refractivity contribution in [3.8, 4) is 0 Å². The van der Waals surface area contributed by atoms with Gasteiger partial charge in [0.2, 0.25) is 0 Å². The van der Waals surface area contributed by atoms with E-state index in [2.05, 4.69) is 15.1 Å². The van der Waals surface area contributed by atoms with Crippen LogP contribution >= 0.6 is 0 Å². The molecule has 0 spiro atoms. The summed E-state index contributed by atoms with van der Waals surface area (Å²) in [7, 11) is 0. The van der Waals surface area contributed by atoms with Crippen molar-refractivity contribution >= 4 is 22.7 Å². The van der Waals surface area contributed by atoms with Crippen molar-refractivity contribution in [2.45, 2.75) is 12.5 Å². The Hall–Kier alpha value is -3.74. The largest absolute Gasteiger partial charge is 0.463 e. The van der Waals surface area contributed by atoms with E-state index >= 15 is 0 Å². The molecular formula is C20H14N4O3. The van der Waals surface area contributed by atoms with E-state index in [0.717, 1.165) is 16.6 Å². The topological polar surface area (TPSA) is 84.7 Å². The lowest BCUT2D eigenvalue weighted by Gasteiger charge is -2.21. The van der Waals surface area contributed by atoms with Crippen LogP contribution in [0.3, 0.4) is 0 Å². The molecule has 27 heavy (non-hydrogen) atoms. The lowest BCUT2D eigenvalue weighted by Crippen LogP contribution is -2.26. The molecule has 1 aromatic carbocycles. The molecule has 1 atom stereocenters. The summed E-state index contributed by atoms with van der Waals surface area (Å²) in [5.74, 6) is 0.589. The molecule has 4 aromatic rings. The molecule has 7 nitrogen and oxygen atoms in total. The van der Waals surface area contributed by atoms with Gasteiger partial charge in [-0.15, -0.1) is 0 Å². The molecule has 4 heterocycles. The Morgan fingerprint density at radius 2 is 1.81 bits per heavy atom. The highest BCUT2D eigenvalue weighted by Gasteiger charge is 2.35. The number of aromatic nitrogens is 2. The van der Waals surface area contributed by atoms with Crippen molar-refractivity contribution < 1.29 is 13.6 Å². The molecule has 0 aliphatic carbocycles. The fourth-order valence-electron chi connectivity index (χ4n) is 3.25. The van der Waals surface area contributed by atoms with Crippen molar-refractivity contribution in [3.63, 3.8) is 0 Å². The van der Waals surface area contributed by atoms with E-state index in [1.54, 1.807) is 36.9 Å². The van der Waals surface area contributed by atoms with Gasteiger partial charge < -0.3 is 8.83 Å². The quantitative estimate of drug-likeness (QED) is 0.556. The van der Waals surface area contributed by atoms with E-state index in [1.165, 1.54) is 11.3 Å². The Balaban J connectivity index is 1.57. The zero-order valence-electron chi connectivity index (χ0n) is 14.1. The van der Waals surface area contributed by atoms with Gasteiger partial charge in [-0.05, 0) is 42.0 Å². The average Bonchev–Trinajstić information content (AvgIpc) is 3.48. The number of benzene rings is 1. The minimum Gasteiger partial charge on any atom is -0.463 e. The number of carbonyl (C=O) groups is 1. The van der Waals surface area contributed by atoms with E-state index in [-0.39, 0.29) is 17.7 Å². The molecule has 0 saturated heterocycles. The maximum Gasteiger partial charge on any atom is 0.310 e. The van der Waals surface area contributed by atoms with Crippen LogP contribution in [0.25, 0.3) is 11.0 Å². The van der Waals surface area contributed by atoms with E-state index in [9.17, 15) is 4.79 Å². The first kappa shape index (κ1) is 15.5. The summed E-state index contributed by atoms with van der Waals surface area (Å²) >= 11 is 0. The summed E-state index contributed by atoms with van der Waals surface area (Å²) in [6.45, 7) is 0. The average molecular weight is 358 g/mol. The molecule has 1 aliphatic heterocycles. The summed E-state index contributed by atoms with van der Waals surface area (Å²) < 4.78 is 10.8. The zero-order valence-corrected chi connectivity index (χ0v) is 14.1. The number of furan rings is 2. The molecular weight excluding hydrogens is 344 g/mol. The van der Waals surface area contributed by atoms with Gasteiger partial charge in [0, 0.05) is 18.8 Å². The first-order valence-corrected chi connectivity index (χ1v) is 8.49. The third-order valence-corrected chi connectivity index (χ3v) is 4.53. The highest BCUT2D eigenvalue weighted by atomic mass is 16.3. The summed E-state index contributed by atoms with van der Waals surface area (Å²) in [6, 6.07) is 12.5. The molecule has 0 N–H and O–H groups in total. The SMILES string of the molecule is O=C(c1ccco1)N1N=C(c2ccco2)CC1c1ccc2nccnc2c1. The fraction of sp³-hybridized carbons (Fsp3) is 0.100. The second-order valence-corrected chi connectivity index (χ2v) is 6.18. The Labute approximate surface area is 153 Å². The predicted octanol–water partition coefficient (Wildman–Crippen LogP) is 3.81. The molecule has 0 fully saturated rings. The first-order valence-electron chi connectivity index (χ1n) is 8.49. The number of amides is 1. The fourth-order valence-corrected chi connectivity index (χ4v) is 3.25. The third kappa shape index (κ3) is 2.69. The van der Waals surface area contributed by atoms with Crippen molar-refractivity contribution in [3.05, 3.63) is 84.5 Å². The standard InChI is InChI=1S/C20H14N4O3/c25-20(19-4-2-10-27-19)24-17(12-16(23-24)18-3-1-9-26-18)13-5-6-14-15(11-13)22-8-7-21-14/h1-11,17H,12H2. The second kappa shape index (κ2) is 6.21. The summed E-state index contributed by atoms with van der Waals surface area (Å²) in [6.07, 6.45) is 6.90. The second-order valence-electron chi connectivity index (χ2n) is 6.18. The number of fused-ring (bicyclic) bond motifs is 1. The number of hydrogen-bond acceptors (Lipinski definition) is 6. The summed E-state index contributed by atoms with van der Waals surface area (Å²) in [5, 5.41) is 5.99. The molecule has 1 aliphatic rings. The number of hydrogen-bond donors (Lipinski definition) is 0. The van der Waals surface area contributed by atoms with Crippen molar-refractivity contribution in [2.24, 2.45) is 5.10 Å². The van der Waals surface area contributed by atoms with Gasteiger partial charge >= 0.3 is 5.91 Å². The Bertz CT molecular complexity index is 1130. The van der Waals surface area contributed by atoms with E-state index in [0.29, 0.717) is 17.9 Å². The third-order valence-electron chi connectivity index (χ3n) is 4.53. The van der Waals surface area contributed by atoms with Gasteiger partial charge in [0.1, 0.15) is 11.5 Å². The van der Waals surface area contributed by atoms with Gasteiger partial charge in [-0.2, -0.15) is 5.10 Å². The lowest BCUT2D eigenvalue weighted by atomic mass is 10.00. The molecule has 132 valence electrons. The molecule has 5 rings (SSSR count). The molecule has 0 saturated carbocycles. The van der Waals surface area contributed by atoms with Crippen LogP contribution < -0.4 is 0 Å². The van der Waals surface area contributed by atoms with Crippen LogP contribution in [0.2, 0.25) is 0 Å².